The average molecular weight is 576 g/mol. The summed E-state index contributed by atoms with van der Waals surface area (Å²) in [6, 6.07) is 16.0. The van der Waals surface area contributed by atoms with Crippen molar-refractivity contribution in [2.24, 2.45) is 0 Å². The molecule has 0 aliphatic heterocycles. The van der Waals surface area contributed by atoms with Crippen molar-refractivity contribution in [1.82, 2.24) is 10.2 Å². The highest BCUT2D eigenvalue weighted by Crippen LogP contribution is 2.29. The molecule has 2 unspecified atom stereocenters. The van der Waals surface area contributed by atoms with Gasteiger partial charge in [-0.15, -0.1) is 6.42 Å². The largest absolute Gasteiger partial charge is 0.508 e. The lowest BCUT2D eigenvalue weighted by Gasteiger charge is -2.32. The molecule has 0 saturated carbocycles. The number of carbonyl (C=O) groups is 3. The van der Waals surface area contributed by atoms with E-state index < -0.39 is 35.6 Å². The zero-order chi connectivity index (χ0) is 30.3. The minimum absolute atomic E-state index is 0.0656. The molecular formula is C32H34ClN3O5. The summed E-state index contributed by atoms with van der Waals surface area (Å²) in [6.07, 6.45) is 4.81. The second-order valence-corrected chi connectivity index (χ2v) is 11.0. The average Bonchev–Trinajstić information content (AvgIpc) is 2.90. The molecule has 0 heterocycles. The van der Waals surface area contributed by atoms with Crippen molar-refractivity contribution >= 4 is 35.2 Å². The molecular weight excluding hydrogens is 542 g/mol. The number of likely N-dealkylation sites (N-methyl/N-ethyl adjacent to an activating group) is 1. The molecule has 0 aliphatic carbocycles. The van der Waals surface area contributed by atoms with E-state index in [1.807, 2.05) is 13.0 Å². The molecule has 3 aromatic rings. The molecule has 214 valence electrons. The lowest BCUT2D eigenvalue weighted by atomic mass is 10.00. The van der Waals surface area contributed by atoms with Gasteiger partial charge in [0.25, 0.3) is 5.91 Å². The van der Waals surface area contributed by atoms with Crippen LogP contribution in [0.5, 0.6) is 5.75 Å². The Morgan fingerprint density at radius 1 is 1.05 bits per heavy atom. The predicted octanol–water partition coefficient (Wildman–Crippen LogP) is 5.61. The fourth-order valence-electron chi connectivity index (χ4n) is 4.18. The number of rotatable bonds is 8. The van der Waals surface area contributed by atoms with Crippen LogP contribution in [0.2, 0.25) is 5.02 Å². The number of anilines is 1. The van der Waals surface area contributed by atoms with Crippen LogP contribution in [0.25, 0.3) is 0 Å². The third-order valence-corrected chi connectivity index (χ3v) is 6.53. The van der Waals surface area contributed by atoms with Crippen molar-refractivity contribution in [2.45, 2.75) is 51.8 Å². The van der Waals surface area contributed by atoms with Crippen molar-refractivity contribution in [3.8, 4) is 18.1 Å². The van der Waals surface area contributed by atoms with Crippen molar-refractivity contribution in [2.75, 3.05) is 12.4 Å². The zero-order valence-electron chi connectivity index (χ0n) is 23.7. The van der Waals surface area contributed by atoms with Gasteiger partial charge in [-0.2, -0.15) is 0 Å². The second-order valence-electron chi connectivity index (χ2n) is 10.6. The minimum Gasteiger partial charge on any atom is -0.508 e. The van der Waals surface area contributed by atoms with Crippen LogP contribution in [0.15, 0.2) is 66.7 Å². The summed E-state index contributed by atoms with van der Waals surface area (Å²) in [5, 5.41) is 15.6. The number of nitrogens with one attached hydrogen (secondary N) is 2. The molecule has 3 amide bonds. The fraction of sp³-hybridized carbons (Fsp3) is 0.281. The molecule has 9 heteroatoms. The van der Waals surface area contributed by atoms with Gasteiger partial charge in [-0.3, -0.25) is 9.59 Å². The maximum Gasteiger partial charge on any atom is 0.408 e. The molecule has 0 fully saturated rings. The van der Waals surface area contributed by atoms with E-state index in [1.165, 1.54) is 24.1 Å². The predicted molar refractivity (Wildman–Crippen MR) is 160 cm³/mol. The third kappa shape index (κ3) is 8.50. The van der Waals surface area contributed by atoms with Gasteiger partial charge < -0.3 is 25.4 Å². The number of hydrogen-bond donors (Lipinski definition) is 3. The van der Waals surface area contributed by atoms with Crippen LogP contribution in [0.4, 0.5) is 10.5 Å². The molecule has 3 rings (SSSR count). The van der Waals surface area contributed by atoms with Crippen LogP contribution in [0.1, 0.15) is 49.1 Å². The number of terminal acetylenes is 1. The van der Waals surface area contributed by atoms with E-state index in [0.29, 0.717) is 27.4 Å². The van der Waals surface area contributed by atoms with E-state index in [0.717, 1.165) is 5.56 Å². The van der Waals surface area contributed by atoms with E-state index in [-0.39, 0.29) is 12.2 Å². The summed E-state index contributed by atoms with van der Waals surface area (Å²) >= 11 is 6.37. The second kappa shape index (κ2) is 13.2. The molecule has 0 bridgehead atoms. The van der Waals surface area contributed by atoms with Gasteiger partial charge in [0.05, 0.1) is 10.7 Å². The van der Waals surface area contributed by atoms with Gasteiger partial charge in [0.15, 0.2) is 0 Å². The topological polar surface area (TPSA) is 108 Å². The Kier molecular flexibility index (Phi) is 10.0. The summed E-state index contributed by atoms with van der Waals surface area (Å²) in [7, 11) is 1.49. The molecule has 0 aliphatic rings. The molecule has 0 saturated heterocycles. The smallest absolute Gasteiger partial charge is 0.408 e. The number of halogens is 1. The van der Waals surface area contributed by atoms with Crippen LogP contribution >= 0.6 is 11.6 Å². The molecule has 0 radical (unpaired) electrons. The maximum atomic E-state index is 14.0. The number of para-hydroxylation sites is 1. The van der Waals surface area contributed by atoms with Crippen LogP contribution in [-0.2, 0) is 20.7 Å². The molecule has 2 atom stereocenters. The first-order chi connectivity index (χ1) is 19.3. The maximum absolute atomic E-state index is 14.0. The van der Waals surface area contributed by atoms with Gasteiger partial charge in [0.1, 0.15) is 23.4 Å². The van der Waals surface area contributed by atoms with Crippen molar-refractivity contribution in [3.05, 3.63) is 94.0 Å². The molecule has 0 spiro atoms. The Labute approximate surface area is 245 Å². The fourth-order valence-corrected chi connectivity index (χ4v) is 4.45. The number of aryl methyl sites for hydroxylation is 1. The highest BCUT2D eigenvalue weighted by Gasteiger charge is 2.34. The number of carbonyl (C=O) groups excluding carboxylic acids is 3. The molecule has 0 aromatic heterocycles. The van der Waals surface area contributed by atoms with Gasteiger partial charge in [-0.05, 0) is 74.7 Å². The van der Waals surface area contributed by atoms with Gasteiger partial charge in [0, 0.05) is 19.0 Å². The number of phenolic OH excluding ortho intramolecular Hbond substituents is 1. The molecule has 41 heavy (non-hydrogen) atoms. The third-order valence-electron chi connectivity index (χ3n) is 6.21. The van der Waals surface area contributed by atoms with Crippen molar-refractivity contribution < 1.29 is 24.2 Å². The quantitative estimate of drug-likeness (QED) is 0.303. The highest BCUT2D eigenvalue weighted by atomic mass is 35.5. The van der Waals surface area contributed by atoms with E-state index in [2.05, 4.69) is 16.6 Å². The number of amides is 3. The zero-order valence-corrected chi connectivity index (χ0v) is 24.5. The molecule has 8 nitrogen and oxygen atoms in total. The number of hydrogen-bond acceptors (Lipinski definition) is 5. The molecule has 3 aromatic carbocycles. The van der Waals surface area contributed by atoms with Crippen molar-refractivity contribution in [3.63, 3.8) is 0 Å². The van der Waals surface area contributed by atoms with Crippen LogP contribution in [-0.4, -0.2) is 46.6 Å². The Hall–Kier alpha value is -4.48. The van der Waals surface area contributed by atoms with E-state index in [4.69, 9.17) is 22.8 Å². The number of aromatic hydroxyl groups is 1. The van der Waals surface area contributed by atoms with Gasteiger partial charge in [-0.25, -0.2) is 4.79 Å². The van der Waals surface area contributed by atoms with Crippen LogP contribution in [0.3, 0.4) is 0 Å². The lowest BCUT2D eigenvalue weighted by molar-refractivity contribution is -0.139. The Balaban J connectivity index is 2.00. The van der Waals surface area contributed by atoms with Gasteiger partial charge >= 0.3 is 6.09 Å². The van der Waals surface area contributed by atoms with Gasteiger partial charge in [-0.1, -0.05) is 53.9 Å². The summed E-state index contributed by atoms with van der Waals surface area (Å²) in [4.78, 5) is 41.8. The highest BCUT2D eigenvalue weighted by molar-refractivity contribution is 6.34. The van der Waals surface area contributed by atoms with E-state index in [9.17, 15) is 19.5 Å². The SMILES string of the molecule is C#Cc1ccc(C(C(=O)Nc2c(C)cccc2Cl)N(C)C(=O)C(Cc2ccc(O)cc2)NC(=O)OC(C)(C)C)cc1. The Bertz CT molecular complexity index is 1420. The Morgan fingerprint density at radius 2 is 1.68 bits per heavy atom. The molecule has 3 N–H and O–H groups in total. The lowest BCUT2D eigenvalue weighted by Crippen LogP contribution is -2.52. The summed E-state index contributed by atoms with van der Waals surface area (Å²) in [6.45, 7) is 6.96. The minimum atomic E-state index is -1.10. The monoisotopic (exact) mass is 575 g/mol. The van der Waals surface area contributed by atoms with E-state index in [1.54, 1.807) is 69.3 Å². The standard InChI is InChI=1S/C32H34ClN3O5/c1-7-21-11-15-23(16-12-21)28(29(38)35-27-20(2)9-8-10-25(27)33)36(6)30(39)26(34-31(40)41-32(3,4)5)19-22-13-17-24(37)18-14-22/h1,8-18,26,28,37H,19H2,2-6H3,(H,34,40)(H,35,38). The number of phenols is 1. The van der Waals surface area contributed by atoms with Crippen molar-refractivity contribution in [1.29, 1.82) is 0 Å². The number of alkyl carbamates (subject to hydrolysis) is 1. The number of ether oxygens (including phenoxy) is 1. The Morgan fingerprint density at radius 3 is 2.24 bits per heavy atom. The van der Waals surface area contributed by atoms with Gasteiger partial charge in [0.2, 0.25) is 5.91 Å². The van der Waals surface area contributed by atoms with Crippen LogP contribution in [0, 0.1) is 19.3 Å². The number of nitrogens with zero attached hydrogens (tertiary/aromatic N) is 1. The number of benzene rings is 3. The summed E-state index contributed by atoms with van der Waals surface area (Å²) in [5.41, 5.74) is 2.17. The van der Waals surface area contributed by atoms with E-state index >= 15 is 0 Å². The normalized spacial score (nSPS) is 12.4. The summed E-state index contributed by atoms with van der Waals surface area (Å²) < 4.78 is 5.40. The first-order valence-corrected chi connectivity index (χ1v) is 13.3. The first kappa shape index (κ1) is 31.1. The first-order valence-electron chi connectivity index (χ1n) is 13.0. The van der Waals surface area contributed by atoms with Crippen LogP contribution < -0.4 is 10.6 Å². The summed E-state index contributed by atoms with van der Waals surface area (Å²) in [5.74, 6) is 1.56.